The largest absolute Gasteiger partial charge is 0.308 e. The SMILES string of the molecule is CC(NS(=O)(=O)c1ccc(NN)nc1)c1ccccc1Cl. The van der Waals surface area contributed by atoms with Gasteiger partial charge in [0.25, 0.3) is 0 Å². The minimum atomic E-state index is -3.69. The van der Waals surface area contributed by atoms with E-state index in [9.17, 15) is 8.42 Å². The summed E-state index contributed by atoms with van der Waals surface area (Å²) in [7, 11) is -3.69. The number of aromatic nitrogens is 1. The molecular weight excluding hydrogens is 312 g/mol. The molecule has 2 aromatic rings. The van der Waals surface area contributed by atoms with E-state index in [4.69, 9.17) is 17.4 Å². The zero-order valence-corrected chi connectivity index (χ0v) is 12.8. The van der Waals surface area contributed by atoms with Crippen molar-refractivity contribution in [3.63, 3.8) is 0 Å². The van der Waals surface area contributed by atoms with E-state index >= 15 is 0 Å². The van der Waals surface area contributed by atoms with Crippen LogP contribution in [0, 0.1) is 0 Å². The number of rotatable bonds is 5. The zero-order chi connectivity index (χ0) is 15.5. The maximum absolute atomic E-state index is 12.3. The Morgan fingerprint density at radius 1 is 1.24 bits per heavy atom. The number of nitrogens with one attached hydrogen (secondary N) is 2. The van der Waals surface area contributed by atoms with E-state index in [0.29, 0.717) is 16.4 Å². The first-order chi connectivity index (χ1) is 9.94. The van der Waals surface area contributed by atoms with Crippen molar-refractivity contribution in [2.75, 3.05) is 5.43 Å². The second-order valence-corrected chi connectivity index (χ2v) is 6.51. The Morgan fingerprint density at radius 3 is 2.52 bits per heavy atom. The Hall–Kier alpha value is -1.67. The second-order valence-electron chi connectivity index (χ2n) is 4.39. The zero-order valence-electron chi connectivity index (χ0n) is 11.2. The van der Waals surface area contributed by atoms with E-state index in [2.05, 4.69) is 15.1 Å². The van der Waals surface area contributed by atoms with E-state index in [1.54, 1.807) is 31.2 Å². The number of hydrogen-bond donors (Lipinski definition) is 3. The van der Waals surface area contributed by atoms with E-state index in [-0.39, 0.29) is 4.90 Å². The van der Waals surface area contributed by atoms with E-state index in [0.717, 1.165) is 0 Å². The second kappa shape index (κ2) is 6.40. The summed E-state index contributed by atoms with van der Waals surface area (Å²) in [5.74, 6) is 5.57. The summed E-state index contributed by atoms with van der Waals surface area (Å²) >= 11 is 6.06. The first-order valence-electron chi connectivity index (χ1n) is 6.13. The van der Waals surface area contributed by atoms with Crippen LogP contribution in [-0.4, -0.2) is 13.4 Å². The lowest BCUT2D eigenvalue weighted by Gasteiger charge is -2.15. The standard InChI is InChI=1S/C13H15ClN4O2S/c1-9(11-4-2-3-5-12(11)14)18-21(19,20)10-6-7-13(17-15)16-8-10/h2-9,18H,15H2,1H3,(H,16,17). The van der Waals surface area contributed by atoms with Crippen molar-refractivity contribution < 1.29 is 8.42 Å². The summed E-state index contributed by atoms with van der Waals surface area (Å²) < 4.78 is 27.1. The quantitative estimate of drug-likeness (QED) is 0.577. The molecule has 0 bridgehead atoms. The summed E-state index contributed by atoms with van der Waals surface area (Å²) in [5.41, 5.74) is 3.04. The number of sulfonamides is 1. The minimum absolute atomic E-state index is 0.0559. The Kier molecular flexibility index (Phi) is 4.79. The molecule has 0 radical (unpaired) electrons. The van der Waals surface area contributed by atoms with Crippen molar-refractivity contribution in [1.29, 1.82) is 0 Å². The molecule has 0 amide bonds. The van der Waals surface area contributed by atoms with Crippen molar-refractivity contribution in [2.45, 2.75) is 17.9 Å². The third kappa shape index (κ3) is 3.70. The van der Waals surface area contributed by atoms with Gasteiger partial charge < -0.3 is 5.43 Å². The molecular formula is C13H15ClN4O2S. The van der Waals surface area contributed by atoms with Gasteiger partial charge >= 0.3 is 0 Å². The molecule has 0 aliphatic rings. The van der Waals surface area contributed by atoms with Gasteiger partial charge in [0.05, 0.1) is 0 Å². The molecule has 1 unspecified atom stereocenters. The van der Waals surface area contributed by atoms with Crippen LogP contribution in [0.25, 0.3) is 0 Å². The highest BCUT2D eigenvalue weighted by Crippen LogP contribution is 2.24. The average molecular weight is 327 g/mol. The van der Waals surface area contributed by atoms with Crippen molar-refractivity contribution in [3.05, 3.63) is 53.2 Å². The van der Waals surface area contributed by atoms with Gasteiger partial charge in [-0.2, -0.15) is 0 Å². The molecule has 1 atom stereocenters. The van der Waals surface area contributed by atoms with Gasteiger partial charge in [0.15, 0.2) is 0 Å². The lowest BCUT2D eigenvalue weighted by molar-refractivity contribution is 0.566. The smallest absolute Gasteiger partial charge is 0.242 e. The lowest BCUT2D eigenvalue weighted by Crippen LogP contribution is -2.27. The molecule has 0 aliphatic carbocycles. The summed E-state index contributed by atoms with van der Waals surface area (Å²) in [6.07, 6.45) is 1.23. The molecule has 0 aliphatic heterocycles. The number of hydrogen-bond acceptors (Lipinski definition) is 5. The number of benzene rings is 1. The predicted octanol–water partition coefficient (Wildman–Crippen LogP) is 2.06. The van der Waals surface area contributed by atoms with Gasteiger partial charge in [-0.3, -0.25) is 0 Å². The number of pyridine rings is 1. The van der Waals surface area contributed by atoms with E-state index in [1.165, 1.54) is 18.3 Å². The first kappa shape index (κ1) is 15.7. The Morgan fingerprint density at radius 2 is 1.95 bits per heavy atom. The number of nitrogens with two attached hydrogens (primary N) is 1. The van der Waals surface area contributed by atoms with Gasteiger partial charge in [0.2, 0.25) is 10.0 Å². The molecule has 0 saturated heterocycles. The molecule has 0 spiro atoms. The molecule has 1 aromatic carbocycles. The fourth-order valence-corrected chi connectivity index (χ4v) is 3.28. The van der Waals surface area contributed by atoms with Crippen LogP contribution < -0.4 is 16.0 Å². The number of nitrogen functional groups attached to an aromatic ring is 1. The van der Waals surface area contributed by atoms with E-state index in [1.807, 2.05) is 0 Å². The number of nitrogens with zero attached hydrogens (tertiary/aromatic N) is 1. The predicted molar refractivity (Wildman–Crippen MR) is 82.2 cm³/mol. The third-order valence-corrected chi connectivity index (χ3v) is 4.77. The molecule has 6 nitrogen and oxygen atoms in total. The summed E-state index contributed by atoms with van der Waals surface area (Å²) in [6, 6.07) is 9.51. The lowest BCUT2D eigenvalue weighted by atomic mass is 10.1. The van der Waals surface area contributed by atoms with E-state index < -0.39 is 16.1 Å². The molecule has 21 heavy (non-hydrogen) atoms. The maximum Gasteiger partial charge on any atom is 0.242 e. The third-order valence-electron chi connectivity index (χ3n) is 2.90. The fraction of sp³-hybridized carbons (Fsp3) is 0.154. The molecule has 0 fully saturated rings. The van der Waals surface area contributed by atoms with Gasteiger partial charge in [-0.1, -0.05) is 29.8 Å². The van der Waals surface area contributed by atoms with Crippen molar-refractivity contribution in [1.82, 2.24) is 9.71 Å². The summed E-state index contributed by atoms with van der Waals surface area (Å²) in [5, 5.41) is 0.508. The molecule has 4 N–H and O–H groups in total. The van der Waals surface area contributed by atoms with Crippen molar-refractivity contribution in [2.24, 2.45) is 5.84 Å². The number of anilines is 1. The minimum Gasteiger partial charge on any atom is -0.308 e. The van der Waals surface area contributed by atoms with Crippen molar-refractivity contribution >= 4 is 27.4 Å². The van der Waals surface area contributed by atoms with Crippen LogP contribution in [0.5, 0.6) is 0 Å². The first-order valence-corrected chi connectivity index (χ1v) is 7.99. The van der Waals surface area contributed by atoms with Crippen LogP contribution >= 0.6 is 11.6 Å². The van der Waals surface area contributed by atoms with Gasteiger partial charge in [0, 0.05) is 17.3 Å². The van der Waals surface area contributed by atoms with Gasteiger partial charge in [-0.25, -0.2) is 24.0 Å². The molecule has 0 saturated carbocycles. The highest BCUT2D eigenvalue weighted by molar-refractivity contribution is 7.89. The Labute approximate surface area is 128 Å². The Balaban J connectivity index is 2.22. The summed E-state index contributed by atoms with van der Waals surface area (Å²) in [6.45, 7) is 1.72. The van der Waals surface area contributed by atoms with Crippen LogP contribution in [0.1, 0.15) is 18.5 Å². The maximum atomic E-state index is 12.3. The van der Waals surface area contributed by atoms with Crippen LogP contribution in [0.15, 0.2) is 47.5 Å². The molecule has 1 aromatic heterocycles. The Bertz CT molecular complexity index is 719. The summed E-state index contributed by atoms with van der Waals surface area (Å²) in [4.78, 5) is 3.94. The van der Waals surface area contributed by atoms with Crippen LogP contribution in [0.2, 0.25) is 5.02 Å². The topological polar surface area (TPSA) is 97.1 Å². The normalized spacial score (nSPS) is 12.9. The van der Waals surface area contributed by atoms with Gasteiger partial charge in [0.1, 0.15) is 10.7 Å². The molecule has 1 heterocycles. The molecule has 8 heteroatoms. The highest BCUT2D eigenvalue weighted by atomic mass is 35.5. The fourth-order valence-electron chi connectivity index (χ4n) is 1.82. The van der Waals surface area contributed by atoms with Crippen LogP contribution in [0.3, 0.4) is 0 Å². The van der Waals surface area contributed by atoms with Crippen molar-refractivity contribution in [3.8, 4) is 0 Å². The van der Waals surface area contributed by atoms with Crippen LogP contribution in [-0.2, 0) is 10.0 Å². The highest BCUT2D eigenvalue weighted by Gasteiger charge is 2.20. The molecule has 112 valence electrons. The van der Waals surface area contributed by atoms with Gasteiger partial charge in [-0.05, 0) is 30.7 Å². The monoisotopic (exact) mass is 326 g/mol. The molecule has 2 rings (SSSR count). The van der Waals surface area contributed by atoms with Gasteiger partial charge in [-0.15, -0.1) is 0 Å². The van der Waals surface area contributed by atoms with Crippen LogP contribution in [0.4, 0.5) is 5.82 Å². The average Bonchev–Trinajstić information content (AvgIpc) is 2.47. The number of hydrazine groups is 1. The number of halogens is 1.